The van der Waals surface area contributed by atoms with Gasteiger partial charge in [0.15, 0.2) is 16.9 Å². The second kappa shape index (κ2) is 9.06. The second-order valence-electron chi connectivity index (χ2n) is 7.75. The van der Waals surface area contributed by atoms with Crippen molar-refractivity contribution in [2.45, 2.75) is 23.8 Å². The number of nitrogens with one attached hydrogen (secondary N) is 1. The Bertz CT molecular complexity index is 1390. The van der Waals surface area contributed by atoms with Crippen LogP contribution in [0.15, 0.2) is 58.2 Å². The number of thioether (sulfide) groups is 1. The number of rotatable bonds is 4. The van der Waals surface area contributed by atoms with E-state index in [1.54, 1.807) is 18.4 Å². The SMILES string of the molecule is CSc1ccc2c(cc1=O)[C@@H](NC(=O)c1ccccc1[N+](=O)[O-])CCc1cc(O)c(O)c(O)c1-2. The molecule has 0 spiro atoms. The highest BCUT2D eigenvalue weighted by atomic mass is 32.2. The Morgan fingerprint density at radius 2 is 1.85 bits per heavy atom. The number of benzene rings is 2. The van der Waals surface area contributed by atoms with Gasteiger partial charge in [-0.2, -0.15) is 0 Å². The molecule has 0 saturated heterocycles. The van der Waals surface area contributed by atoms with Crippen molar-refractivity contribution in [2.24, 2.45) is 0 Å². The molecule has 0 saturated carbocycles. The number of aromatic hydroxyl groups is 3. The van der Waals surface area contributed by atoms with Gasteiger partial charge in [-0.25, -0.2) is 0 Å². The summed E-state index contributed by atoms with van der Waals surface area (Å²) in [5, 5.41) is 45.0. The Morgan fingerprint density at radius 3 is 2.56 bits per heavy atom. The van der Waals surface area contributed by atoms with E-state index in [0.717, 1.165) is 0 Å². The number of para-hydroxylation sites is 1. The molecule has 34 heavy (non-hydrogen) atoms. The third-order valence-electron chi connectivity index (χ3n) is 5.80. The third kappa shape index (κ3) is 4.03. The number of nitro benzene ring substituents is 1. The number of aryl methyl sites for hydroxylation is 1. The molecule has 1 aliphatic rings. The van der Waals surface area contributed by atoms with Crippen molar-refractivity contribution >= 4 is 23.4 Å². The average molecular weight is 480 g/mol. The van der Waals surface area contributed by atoms with Gasteiger partial charge in [0, 0.05) is 11.6 Å². The van der Waals surface area contributed by atoms with Crippen LogP contribution in [0.25, 0.3) is 11.1 Å². The fourth-order valence-electron chi connectivity index (χ4n) is 4.17. The van der Waals surface area contributed by atoms with Crippen LogP contribution in [0, 0.1) is 10.1 Å². The van der Waals surface area contributed by atoms with Crippen LogP contribution in [0.2, 0.25) is 0 Å². The first-order valence-corrected chi connectivity index (χ1v) is 11.5. The smallest absolute Gasteiger partial charge is 0.282 e. The summed E-state index contributed by atoms with van der Waals surface area (Å²) in [6, 6.07) is 10.7. The first-order valence-electron chi connectivity index (χ1n) is 10.3. The van der Waals surface area contributed by atoms with Gasteiger partial charge in [-0.1, -0.05) is 18.2 Å². The lowest BCUT2D eigenvalue weighted by Crippen LogP contribution is -2.29. The van der Waals surface area contributed by atoms with Gasteiger partial charge in [-0.05, 0) is 60.1 Å². The van der Waals surface area contributed by atoms with E-state index in [9.17, 15) is 35.0 Å². The van der Waals surface area contributed by atoms with Crippen LogP contribution in [-0.2, 0) is 6.42 Å². The van der Waals surface area contributed by atoms with Crippen molar-refractivity contribution in [3.63, 3.8) is 0 Å². The van der Waals surface area contributed by atoms with Crippen molar-refractivity contribution in [1.82, 2.24) is 5.32 Å². The number of phenolic OH excluding ortho intramolecular Hbond substituents is 3. The number of carbonyl (C=O) groups excluding carboxylic acids is 1. The number of amides is 1. The second-order valence-corrected chi connectivity index (χ2v) is 8.59. The quantitative estimate of drug-likeness (QED) is 0.190. The normalized spacial score (nSPS) is 14.4. The zero-order chi connectivity index (χ0) is 24.6. The van der Waals surface area contributed by atoms with E-state index in [1.807, 2.05) is 0 Å². The van der Waals surface area contributed by atoms with Gasteiger partial charge in [0.05, 0.1) is 15.9 Å². The van der Waals surface area contributed by atoms with Gasteiger partial charge >= 0.3 is 0 Å². The van der Waals surface area contributed by atoms with E-state index >= 15 is 0 Å². The minimum absolute atomic E-state index is 0.124. The molecule has 174 valence electrons. The first kappa shape index (κ1) is 23.1. The summed E-state index contributed by atoms with van der Waals surface area (Å²) in [6.45, 7) is 0. The number of nitro groups is 1. The molecule has 0 bridgehead atoms. The van der Waals surface area contributed by atoms with Crippen LogP contribution in [0.1, 0.15) is 33.9 Å². The van der Waals surface area contributed by atoms with Gasteiger partial charge in [-0.3, -0.25) is 19.7 Å². The average Bonchev–Trinajstić information content (AvgIpc) is 3.06. The van der Waals surface area contributed by atoms with Gasteiger partial charge in [0.25, 0.3) is 11.6 Å². The zero-order valence-corrected chi connectivity index (χ0v) is 18.8. The van der Waals surface area contributed by atoms with E-state index in [2.05, 4.69) is 5.32 Å². The first-order chi connectivity index (χ1) is 16.2. The predicted octanol–water partition coefficient (Wildman–Crippen LogP) is 3.88. The van der Waals surface area contributed by atoms with E-state index in [0.29, 0.717) is 21.6 Å². The molecule has 0 aromatic heterocycles. The van der Waals surface area contributed by atoms with Gasteiger partial charge in [0.1, 0.15) is 5.56 Å². The topological polar surface area (TPSA) is 150 Å². The Hall–Kier alpha value is -4.05. The minimum atomic E-state index is -0.742. The molecule has 9 nitrogen and oxygen atoms in total. The molecule has 0 aliphatic heterocycles. The molecule has 0 unspecified atom stereocenters. The number of phenols is 3. The Labute approximate surface area is 197 Å². The highest BCUT2D eigenvalue weighted by Gasteiger charge is 2.30. The monoisotopic (exact) mass is 480 g/mol. The number of hydrogen-bond acceptors (Lipinski definition) is 8. The van der Waals surface area contributed by atoms with Crippen LogP contribution in [-0.4, -0.2) is 32.4 Å². The summed E-state index contributed by atoms with van der Waals surface area (Å²) in [6.07, 6.45) is 2.29. The Kier molecular flexibility index (Phi) is 6.16. The van der Waals surface area contributed by atoms with Crippen LogP contribution < -0.4 is 10.7 Å². The molecule has 3 aromatic rings. The predicted molar refractivity (Wildman–Crippen MR) is 127 cm³/mol. The van der Waals surface area contributed by atoms with Gasteiger partial charge in [-0.15, -0.1) is 11.8 Å². The van der Waals surface area contributed by atoms with Crippen molar-refractivity contribution in [3.05, 3.63) is 85.6 Å². The fourth-order valence-corrected chi connectivity index (χ4v) is 4.64. The van der Waals surface area contributed by atoms with Crippen molar-refractivity contribution < 1.29 is 25.0 Å². The molecule has 3 aromatic carbocycles. The highest BCUT2D eigenvalue weighted by molar-refractivity contribution is 7.98. The van der Waals surface area contributed by atoms with Crippen molar-refractivity contribution in [3.8, 4) is 28.4 Å². The van der Waals surface area contributed by atoms with E-state index in [-0.39, 0.29) is 35.1 Å². The fraction of sp³-hybridized carbons (Fsp3) is 0.167. The largest absolute Gasteiger partial charge is 0.504 e. The minimum Gasteiger partial charge on any atom is -0.504 e. The summed E-state index contributed by atoms with van der Waals surface area (Å²) in [5.74, 6) is -2.40. The molecule has 1 atom stereocenters. The van der Waals surface area contributed by atoms with Crippen LogP contribution in [0.4, 0.5) is 5.69 Å². The number of nitrogens with zero attached hydrogens (tertiary/aromatic N) is 1. The Morgan fingerprint density at radius 1 is 1.12 bits per heavy atom. The standard InChI is InChI=1S/C24H20N2O7S/c1-34-20-9-7-13-15(11-18(20)27)16(8-6-12-10-19(28)22(29)23(30)21(12)13)25-24(31)14-4-2-3-5-17(14)26(32)33/h2-5,7,9-11,16,28-30H,6,8H2,1H3,(H,25,31)/t16-/m0/s1. The molecule has 10 heteroatoms. The van der Waals surface area contributed by atoms with E-state index in [4.69, 9.17) is 0 Å². The number of fused-ring (bicyclic) bond motifs is 3. The van der Waals surface area contributed by atoms with E-state index in [1.165, 1.54) is 48.2 Å². The Balaban J connectivity index is 1.89. The van der Waals surface area contributed by atoms with Crippen LogP contribution >= 0.6 is 11.8 Å². The van der Waals surface area contributed by atoms with Crippen LogP contribution in [0.5, 0.6) is 17.2 Å². The summed E-state index contributed by atoms with van der Waals surface area (Å²) in [5.41, 5.74) is 0.765. The lowest BCUT2D eigenvalue weighted by atomic mass is 9.95. The molecule has 1 aliphatic carbocycles. The van der Waals surface area contributed by atoms with E-state index < -0.39 is 34.1 Å². The maximum atomic E-state index is 13.1. The molecule has 4 rings (SSSR count). The molecule has 4 N–H and O–H groups in total. The van der Waals surface area contributed by atoms with Gasteiger partial charge < -0.3 is 20.6 Å². The maximum Gasteiger partial charge on any atom is 0.282 e. The van der Waals surface area contributed by atoms with Crippen LogP contribution in [0.3, 0.4) is 0 Å². The lowest BCUT2D eigenvalue weighted by Gasteiger charge is -2.18. The summed E-state index contributed by atoms with van der Waals surface area (Å²) >= 11 is 1.23. The summed E-state index contributed by atoms with van der Waals surface area (Å²) in [4.78, 5) is 37.1. The third-order valence-corrected chi connectivity index (χ3v) is 6.57. The molecular weight excluding hydrogens is 460 g/mol. The maximum absolute atomic E-state index is 13.1. The lowest BCUT2D eigenvalue weighted by molar-refractivity contribution is -0.385. The molecule has 0 heterocycles. The summed E-state index contributed by atoms with van der Waals surface area (Å²) in [7, 11) is 0. The molecular formula is C24H20N2O7S. The molecule has 1 amide bonds. The van der Waals surface area contributed by atoms with Gasteiger partial charge in [0.2, 0.25) is 5.75 Å². The number of hydrogen-bond donors (Lipinski definition) is 4. The molecule has 0 fully saturated rings. The number of carbonyl (C=O) groups is 1. The summed E-state index contributed by atoms with van der Waals surface area (Å²) < 4.78 is 0. The highest BCUT2D eigenvalue weighted by Crippen LogP contribution is 2.48. The zero-order valence-electron chi connectivity index (χ0n) is 17.9. The van der Waals surface area contributed by atoms with Crippen molar-refractivity contribution in [1.29, 1.82) is 0 Å². The molecule has 0 radical (unpaired) electrons. The van der Waals surface area contributed by atoms with Crippen molar-refractivity contribution in [2.75, 3.05) is 6.26 Å².